The molecule has 1 fully saturated rings. The van der Waals surface area contributed by atoms with Gasteiger partial charge in [0.1, 0.15) is 10.8 Å². The van der Waals surface area contributed by atoms with E-state index in [0.717, 1.165) is 19.5 Å². The van der Waals surface area contributed by atoms with Crippen LogP contribution in [0.1, 0.15) is 13.3 Å². The Morgan fingerprint density at radius 3 is 2.94 bits per heavy atom. The summed E-state index contributed by atoms with van der Waals surface area (Å²) in [6.45, 7) is 4.39. The van der Waals surface area contributed by atoms with Crippen molar-refractivity contribution in [3.8, 4) is 0 Å². The number of anilines is 1. The predicted octanol–water partition coefficient (Wildman–Crippen LogP) is 2.54. The molecule has 0 spiro atoms. The zero-order valence-corrected chi connectivity index (χ0v) is 11.5. The number of rotatable bonds is 2. The minimum atomic E-state index is 0.220. The Morgan fingerprint density at radius 1 is 1.47 bits per heavy atom. The van der Waals surface area contributed by atoms with Crippen LogP contribution in [0.3, 0.4) is 0 Å². The highest BCUT2D eigenvalue weighted by molar-refractivity contribution is 6.33. The first-order chi connectivity index (χ1) is 8.06. The first-order valence-corrected chi connectivity index (χ1v) is 6.45. The molecule has 6 heteroatoms. The van der Waals surface area contributed by atoms with Crippen molar-refractivity contribution in [2.75, 3.05) is 25.5 Å². The number of hydrogen-bond donors (Lipinski definition) is 1. The van der Waals surface area contributed by atoms with E-state index in [-0.39, 0.29) is 5.28 Å². The fourth-order valence-corrected chi connectivity index (χ4v) is 2.47. The van der Waals surface area contributed by atoms with Crippen molar-refractivity contribution in [2.24, 2.45) is 5.92 Å². The van der Waals surface area contributed by atoms with Gasteiger partial charge in [-0.2, -0.15) is 4.98 Å². The molecular weight excluding hydrogens is 259 g/mol. The zero-order valence-electron chi connectivity index (χ0n) is 9.95. The summed E-state index contributed by atoms with van der Waals surface area (Å²) >= 11 is 11.8. The molecule has 1 aromatic rings. The van der Waals surface area contributed by atoms with Gasteiger partial charge in [-0.05, 0) is 37.5 Å². The van der Waals surface area contributed by atoms with Crippen LogP contribution in [-0.4, -0.2) is 41.0 Å². The van der Waals surface area contributed by atoms with Crippen LogP contribution in [0.2, 0.25) is 10.3 Å². The van der Waals surface area contributed by atoms with Crippen LogP contribution in [0.4, 0.5) is 5.82 Å². The maximum atomic E-state index is 6.04. The van der Waals surface area contributed by atoms with Gasteiger partial charge in [-0.25, -0.2) is 4.98 Å². The lowest BCUT2D eigenvalue weighted by Gasteiger charge is -2.35. The summed E-state index contributed by atoms with van der Waals surface area (Å²) in [6.07, 6.45) is 2.61. The third-order valence-electron chi connectivity index (χ3n) is 3.15. The second kappa shape index (κ2) is 5.38. The van der Waals surface area contributed by atoms with Crippen LogP contribution in [0.15, 0.2) is 6.20 Å². The summed E-state index contributed by atoms with van der Waals surface area (Å²) < 4.78 is 0. The molecule has 0 radical (unpaired) electrons. The smallest absolute Gasteiger partial charge is 0.224 e. The Kier molecular flexibility index (Phi) is 4.07. The van der Waals surface area contributed by atoms with E-state index in [1.165, 1.54) is 6.20 Å². The van der Waals surface area contributed by atoms with Gasteiger partial charge in [0.05, 0.1) is 6.20 Å². The maximum absolute atomic E-state index is 6.04. The summed E-state index contributed by atoms with van der Waals surface area (Å²) in [5.74, 6) is 1.19. The van der Waals surface area contributed by atoms with Gasteiger partial charge in [-0.1, -0.05) is 18.5 Å². The molecule has 0 saturated carbocycles. The Morgan fingerprint density at radius 2 is 2.24 bits per heavy atom. The molecule has 1 saturated heterocycles. The SMILES string of the molecule is CC1CN(C)CCC1Nc1nc(Cl)ncc1Cl. The molecule has 0 amide bonds. The Bertz CT molecular complexity index is 399. The molecule has 1 N–H and O–H groups in total. The molecule has 0 bridgehead atoms. The number of piperidine rings is 1. The lowest BCUT2D eigenvalue weighted by Crippen LogP contribution is -2.43. The van der Waals surface area contributed by atoms with E-state index < -0.39 is 0 Å². The van der Waals surface area contributed by atoms with Gasteiger partial charge in [-0.3, -0.25) is 0 Å². The lowest BCUT2D eigenvalue weighted by molar-refractivity contribution is 0.206. The fourth-order valence-electron chi connectivity index (χ4n) is 2.19. The fraction of sp³-hybridized carbons (Fsp3) is 0.636. The van der Waals surface area contributed by atoms with Gasteiger partial charge >= 0.3 is 0 Å². The van der Waals surface area contributed by atoms with Crippen LogP contribution in [0.25, 0.3) is 0 Å². The molecule has 17 heavy (non-hydrogen) atoms. The Balaban J connectivity index is 2.07. The van der Waals surface area contributed by atoms with Gasteiger partial charge in [0.2, 0.25) is 5.28 Å². The number of hydrogen-bond acceptors (Lipinski definition) is 4. The number of halogens is 2. The first kappa shape index (κ1) is 12.9. The predicted molar refractivity (Wildman–Crippen MR) is 70.7 cm³/mol. The normalized spacial score (nSPS) is 25.9. The van der Waals surface area contributed by atoms with Gasteiger partial charge in [0.15, 0.2) is 0 Å². The summed E-state index contributed by atoms with van der Waals surface area (Å²) in [6, 6.07) is 0.384. The number of likely N-dealkylation sites (tertiary alicyclic amines) is 1. The minimum absolute atomic E-state index is 0.220. The second-order valence-corrected chi connectivity index (χ2v) is 5.36. The molecule has 1 aliphatic rings. The van der Waals surface area contributed by atoms with Crippen molar-refractivity contribution in [1.29, 1.82) is 0 Å². The Hall–Kier alpha value is -0.580. The third-order valence-corrected chi connectivity index (χ3v) is 3.60. The highest BCUT2D eigenvalue weighted by Crippen LogP contribution is 2.24. The largest absolute Gasteiger partial charge is 0.366 e. The zero-order chi connectivity index (χ0) is 12.4. The average molecular weight is 275 g/mol. The molecule has 2 unspecified atom stereocenters. The van der Waals surface area contributed by atoms with Gasteiger partial charge in [0.25, 0.3) is 0 Å². The average Bonchev–Trinajstić information content (AvgIpc) is 2.27. The van der Waals surface area contributed by atoms with Crippen LogP contribution in [-0.2, 0) is 0 Å². The summed E-state index contributed by atoms with van der Waals surface area (Å²) in [5, 5.41) is 4.10. The number of aromatic nitrogens is 2. The van der Waals surface area contributed by atoms with Crippen LogP contribution < -0.4 is 5.32 Å². The number of nitrogens with one attached hydrogen (secondary N) is 1. The maximum Gasteiger partial charge on any atom is 0.224 e. The van der Waals surface area contributed by atoms with E-state index in [0.29, 0.717) is 22.8 Å². The second-order valence-electron chi connectivity index (χ2n) is 4.61. The molecule has 1 aliphatic heterocycles. The van der Waals surface area contributed by atoms with Crippen LogP contribution in [0.5, 0.6) is 0 Å². The Labute approximate surface area is 111 Å². The highest BCUT2D eigenvalue weighted by Gasteiger charge is 2.24. The van der Waals surface area contributed by atoms with E-state index in [1.807, 2.05) is 0 Å². The molecule has 2 heterocycles. The quantitative estimate of drug-likeness (QED) is 0.842. The van der Waals surface area contributed by atoms with Crippen molar-refractivity contribution in [1.82, 2.24) is 14.9 Å². The standard InChI is InChI=1S/C11H16Cl2N4/c1-7-6-17(2)4-3-9(7)15-10-8(12)5-14-11(13)16-10/h5,7,9H,3-4,6H2,1-2H3,(H,14,15,16). The summed E-state index contributed by atoms with van der Waals surface area (Å²) in [5.41, 5.74) is 0. The van der Waals surface area contributed by atoms with E-state index >= 15 is 0 Å². The van der Waals surface area contributed by atoms with Crippen LogP contribution in [0, 0.1) is 5.92 Å². The molecule has 94 valence electrons. The minimum Gasteiger partial charge on any atom is -0.366 e. The first-order valence-electron chi connectivity index (χ1n) is 5.69. The lowest BCUT2D eigenvalue weighted by atomic mass is 9.94. The molecule has 0 aliphatic carbocycles. The van der Waals surface area contributed by atoms with Crippen LogP contribution >= 0.6 is 23.2 Å². The molecular formula is C11H16Cl2N4. The summed E-state index contributed by atoms with van der Waals surface area (Å²) in [4.78, 5) is 10.3. The summed E-state index contributed by atoms with van der Waals surface area (Å²) in [7, 11) is 2.14. The van der Waals surface area contributed by atoms with Crippen molar-refractivity contribution < 1.29 is 0 Å². The van der Waals surface area contributed by atoms with Crippen molar-refractivity contribution in [3.05, 3.63) is 16.5 Å². The molecule has 0 aromatic carbocycles. The topological polar surface area (TPSA) is 41.0 Å². The van der Waals surface area contributed by atoms with E-state index in [1.54, 1.807) is 0 Å². The van der Waals surface area contributed by atoms with Gasteiger partial charge < -0.3 is 10.2 Å². The molecule has 2 atom stereocenters. The van der Waals surface area contributed by atoms with Gasteiger partial charge in [-0.15, -0.1) is 0 Å². The molecule has 1 aromatic heterocycles. The molecule has 2 rings (SSSR count). The van der Waals surface area contributed by atoms with Crippen molar-refractivity contribution in [2.45, 2.75) is 19.4 Å². The van der Waals surface area contributed by atoms with E-state index in [4.69, 9.17) is 23.2 Å². The van der Waals surface area contributed by atoms with Crippen molar-refractivity contribution >= 4 is 29.0 Å². The van der Waals surface area contributed by atoms with E-state index in [2.05, 4.69) is 34.2 Å². The third kappa shape index (κ3) is 3.21. The number of nitrogens with zero attached hydrogens (tertiary/aromatic N) is 3. The van der Waals surface area contributed by atoms with Crippen molar-refractivity contribution in [3.63, 3.8) is 0 Å². The monoisotopic (exact) mass is 274 g/mol. The van der Waals surface area contributed by atoms with Gasteiger partial charge in [0, 0.05) is 12.6 Å². The highest BCUT2D eigenvalue weighted by atomic mass is 35.5. The van der Waals surface area contributed by atoms with E-state index in [9.17, 15) is 0 Å². The molecule has 4 nitrogen and oxygen atoms in total.